The molecule has 1 aliphatic carbocycles. The predicted molar refractivity (Wildman–Crippen MR) is 64.8 cm³/mol. The molecule has 88 valence electrons. The maximum Gasteiger partial charge on any atom is 0.0885 e. The Hall–Kier alpha value is -0.500. The number of nitrogens with one attached hydrogen (secondary N) is 1. The molecule has 2 nitrogen and oxygen atoms in total. The zero-order valence-electron chi connectivity index (χ0n) is 10.0. The van der Waals surface area contributed by atoms with E-state index in [9.17, 15) is 0 Å². The fourth-order valence-electron chi connectivity index (χ4n) is 2.42. The van der Waals surface area contributed by atoms with Crippen LogP contribution in [0.5, 0.6) is 0 Å². The first-order chi connectivity index (χ1) is 7.33. The lowest BCUT2D eigenvalue weighted by Crippen LogP contribution is -2.27. The summed E-state index contributed by atoms with van der Waals surface area (Å²) < 4.78 is 5.07. The molecule has 0 saturated heterocycles. The highest BCUT2D eigenvalue weighted by Crippen LogP contribution is 2.27. The Bertz CT molecular complexity index is 170. The molecular weight excluding hydrogens is 186 g/mol. The van der Waals surface area contributed by atoms with Gasteiger partial charge in [0, 0.05) is 0 Å². The van der Waals surface area contributed by atoms with Crippen LogP contribution in [0.3, 0.4) is 0 Å². The van der Waals surface area contributed by atoms with Crippen molar-refractivity contribution < 1.29 is 4.74 Å². The molecule has 2 atom stereocenters. The Morgan fingerprint density at radius 3 is 3.07 bits per heavy atom. The Morgan fingerprint density at radius 2 is 2.33 bits per heavy atom. The number of hydrogen-bond acceptors (Lipinski definition) is 2. The smallest absolute Gasteiger partial charge is 0.0885 e. The maximum absolute atomic E-state index is 5.07. The highest BCUT2D eigenvalue weighted by molar-refractivity contribution is 4.72. The van der Waals surface area contributed by atoms with Crippen LogP contribution in [0.4, 0.5) is 0 Å². The van der Waals surface area contributed by atoms with Gasteiger partial charge in [-0.15, -0.1) is 0 Å². The standard InChI is InChI=1S/C13H25NO/c1-3-15-9-5-8-14-11-13-7-4-6-12(2)10-13/h3,12-14H,1,4-11H2,2H3. The molecular formula is C13H25NO. The number of ether oxygens (including phenoxy) is 1. The third-order valence-corrected chi connectivity index (χ3v) is 3.21. The van der Waals surface area contributed by atoms with Gasteiger partial charge in [-0.05, 0) is 44.2 Å². The first-order valence-electron chi connectivity index (χ1n) is 6.26. The molecule has 1 fully saturated rings. The molecule has 0 heterocycles. The van der Waals surface area contributed by atoms with E-state index in [1.807, 2.05) is 0 Å². The van der Waals surface area contributed by atoms with E-state index in [-0.39, 0.29) is 0 Å². The summed E-state index contributed by atoms with van der Waals surface area (Å²) in [7, 11) is 0. The zero-order chi connectivity index (χ0) is 10.9. The van der Waals surface area contributed by atoms with Crippen LogP contribution in [0.2, 0.25) is 0 Å². The predicted octanol–water partition coefficient (Wildman–Crippen LogP) is 2.95. The summed E-state index contributed by atoms with van der Waals surface area (Å²) in [5.74, 6) is 1.85. The van der Waals surface area contributed by atoms with Crippen molar-refractivity contribution in [3.8, 4) is 0 Å². The van der Waals surface area contributed by atoms with Gasteiger partial charge in [-0.1, -0.05) is 26.3 Å². The van der Waals surface area contributed by atoms with Crippen LogP contribution in [0.15, 0.2) is 12.8 Å². The van der Waals surface area contributed by atoms with Crippen molar-refractivity contribution in [2.75, 3.05) is 19.7 Å². The van der Waals surface area contributed by atoms with Crippen molar-refractivity contribution in [2.45, 2.75) is 39.0 Å². The Kier molecular flexibility index (Phi) is 6.49. The van der Waals surface area contributed by atoms with Gasteiger partial charge < -0.3 is 10.1 Å². The molecule has 0 radical (unpaired) electrons. The van der Waals surface area contributed by atoms with E-state index < -0.39 is 0 Å². The fourth-order valence-corrected chi connectivity index (χ4v) is 2.42. The van der Waals surface area contributed by atoms with E-state index in [0.717, 1.165) is 31.4 Å². The van der Waals surface area contributed by atoms with Crippen LogP contribution in [0.1, 0.15) is 39.0 Å². The van der Waals surface area contributed by atoms with Gasteiger partial charge in [-0.3, -0.25) is 0 Å². The van der Waals surface area contributed by atoms with Crippen LogP contribution in [0.25, 0.3) is 0 Å². The lowest BCUT2D eigenvalue weighted by Gasteiger charge is -2.26. The molecule has 1 saturated carbocycles. The van der Waals surface area contributed by atoms with Gasteiger partial charge in [-0.25, -0.2) is 0 Å². The molecule has 2 heteroatoms. The van der Waals surface area contributed by atoms with E-state index >= 15 is 0 Å². The molecule has 15 heavy (non-hydrogen) atoms. The van der Waals surface area contributed by atoms with Crippen molar-refractivity contribution in [3.63, 3.8) is 0 Å². The van der Waals surface area contributed by atoms with E-state index in [1.165, 1.54) is 38.5 Å². The lowest BCUT2D eigenvalue weighted by atomic mass is 9.82. The van der Waals surface area contributed by atoms with Gasteiger partial charge in [0.05, 0.1) is 12.9 Å². The largest absolute Gasteiger partial charge is 0.502 e. The van der Waals surface area contributed by atoms with E-state index in [4.69, 9.17) is 4.74 Å². The number of rotatable bonds is 7. The first-order valence-corrected chi connectivity index (χ1v) is 6.26. The average Bonchev–Trinajstić information content (AvgIpc) is 2.23. The molecule has 0 spiro atoms. The number of hydrogen-bond donors (Lipinski definition) is 1. The van der Waals surface area contributed by atoms with Gasteiger partial charge in [0.2, 0.25) is 0 Å². The second-order valence-electron chi connectivity index (χ2n) is 4.73. The molecule has 1 rings (SSSR count). The molecule has 0 aromatic carbocycles. The van der Waals surface area contributed by atoms with Gasteiger partial charge >= 0.3 is 0 Å². The minimum Gasteiger partial charge on any atom is -0.502 e. The van der Waals surface area contributed by atoms with Crippen LogP contribution in [-0.4, -0.2) is 19.7 Å². The Labute approximate surface area is 94.1 Å². The van der Waals surface area contributed by atoms with E-state index in [2.05, 4.69) is 18.8 Å². The molecule has 1 aliphatic rings. The minimum absolute atomic E-state index is 0.789. The SMILES string of the molecule is C=COCCCNCC1CCCC(C)C1. The molecule has 0 aromatic heterocycles. The van der Waals surface area contributed by atoms with Gasteiger partial charge in [0.25, 0.3) is 0 Å². The summed E-state index contributed by atoms with van der Waals surface area (Å²) in [4.78, 5) is 0. The van der Waals surface area contributed by atoms with Crippen molar-refractivity contribution in [2.24, 2.45) is 11.8 Å². The quantitative estimate of drug-likeness (QED) is 0.516. The second kappa shape index (κ2) is 7.75. The second-order valence-corrected chi connectivity index (χ2v) is 4.73. The van der Waals surface area contributed by atoms with Crippen molar-refractivity contribution >= 4 is 0 Å². The van der Waals surface area contributed by atoms with Gasteiger partial charge in [-0.2, -0.15) is 0 Å². The maximum atomic E-state index is 5.07. The third-order valence-electron chi connectivity index (χ3n) is 3.21. The van der Waals surface area contributed by atoms with Crippen molar-refractivity contribution in [1.82, 2.24) is 5.32 Å². The lowest BCUT2D eigenvalue weighted by molar-refractivity contribution is 0.238. The molecule has 0 bridgehead atoms. The van der Waals surface area contributed by atoms with Gasteiger partial charge in [0.15, 0.2) is 0 Å². The molecule has 0 aliphatic heterocycles. The van der Waals surface area contributed by atoms with Crippen LogP contribution < -0.4 is 5.32 Å². The summed E-state index contributed by atoms with van der Waals surface area (Å²) in [5, 5.41) is 3.52. The highest BCUT2D eigenvalue weighted by atomic mass is 16.5. The first kappa shape index (κ1) is 12.6. The Balaban J connectivity index is 1.92. The summed E-state index contributed by atoms with van der Waals surface area (Å²) in [5.41, 5.74) is 0. The topological polar surface area (TPSA) is 21.3 Å². The summed E-state index contributed by atoms with van der Waals surface area (Å²) >= 11 is 0. The van der Waals surface area contributed by atoms with Gasteiger partial charge in [0.1, 0.15) is 0 Å². The molecule has 2 unspecified atom stereocenters. The van der Waals surface area contributed by atoms with Crippen LogP contribution >= 0.6 is 0 Å². The third kappa shape index (κ3) is 5.83. The summed E-state index contributed by atoms with van der Waals surface area (Å²) in [6.45, 7) is 8.95. The highest BCUT2D eigenvalue weighted by Gasteiger charge is 2.17. The average molecular weight is 211 g/mol. The fraction of sp³-hybridized carbons (Fsp3) is 0.846. The summed E-state index contributed by atoms with van der Waals surface area (Å²) in [6.07, 6.45) is 8.28. The molecule has 0 aromatic rings. The minimum atomic E-state index is 0.789. The monoisotopic (exact) mass is 211 g/mol. The Morgan fingerprint density at radius 1 is 1.47 bits per heavy atom. The van der Waals surface area contributed by atoms with Crippen LogP contribution in [-0.2, 0) is 4.74 Å². The van der Waals surface area contributed by atoms with Crippen LogP contribution in [0, 0.1) is 11.8 Å². The van der Waals surface area contributed by atoms with Crippen molar-refractivity contribution in [1.29, 1.82) is 0 Å². The summed E-state index contributed by atoms with van der Waals surface area (Å²) in [6, 6.07) is 0. The molecule has 1 N–H and O–H groups in total. The zero-order valence-corrected chi connectivity index (χ0v) is 10.0. The normalized spacial score (nSPS) is 26.2. The van der Waals surface area contributed by atoms with Crippen molar-refractivity contribution in [3.05, 3.63) is 12.8 Å². The molecule has 0 amide bonds. The van der Waals surface area contributed by atoms with E-state index in [1.54, 1.807) is 0 Å². The van der Waals surface area contributed by atoms with E-state index in [0.29, 0.717) is 0 Å².